The SMILES string of the molecule is CCCCCOC(=O)C(CC)(CC)C(=O)OCCCCCCCCCl. The van der Waals surface area contributed by atoms with Gasteiger partial charge in [0, 0.05) is 5.88 Å². The number of hydrogen-bond donors (Lipinski definition) is 0. The molecule has 0 radical (unpaired) electrons. The predicted octanol–water partition coefficient (Wildman–Crippen LogP) is 5.65. The van der Waals surface area contributed by atoms with E-state index in [1.807, 2.05) is 13.8 Å². The molecule has 0 heterocycles. The number of alkyl halides is 1. The Morgan fingerprint density at radius 2 is 1.16 bits per heavy atom. The van der Waals surface area contributed by atoms with Gasteiger partial charge in [-0.2, -0.15) is 0 Å². The predicted molar refractivity (Wildman–Crippen MR) is 103 cm³/mol. The minimum Gasteiger partial charge on any atom is -0.465 e. The lowest BCUT2D eigenvalue weighted by atomic mass is 9.82. The number of carbonyl (C=O) groups is 2. The second-order valence-electron chi connectivity index (χ2n) is 6.58. The highest BCUT2D eigenvalue weighted by atomic mass is 35.5. The van der Waals surface area contributed by atoms with Crippen molar-refractivity contribution in [3.05, 3.63) is 0 Å². The average Bonchev–Trinajstić information content (AvgIpc) is 2.62. The average molecular weight is 377 g/mol. The quantitative estimate of drug-likeness (QED) is 0.151. The third-order valence-electron chi connectivity index (χ3n) is 4.73. The van der Waals surface area contributed by atoms with E-state index >= 15 is 0 Å². The number of ether oxygens (including phenoxy) is 2. The van der Waals surface area contributed by atoms with Crippen molar-refractivity contribution in [1.29, 1.82) is 0 Å². The highest BCUT2D eigenvalue weighted by molar-refractivity contribution is 6.17. The molecule has 0 bridgehead atoms. The van der Waals surface area contributed by atoms with E-state index in [0.29, 0.717) is 26.1 Å². The van der Waals surface area contributed by atoms with Crippen molar-refractivity contribution in [3.8, 4) is 0 Å². The van der Waals surface area contributed by atoms with Crippen LogP contribution in [0.25, 0.3) is 0 Å². The summed E-state index contributed by atoms with van der Waals surface area (Å²) >= 11 is 5.65. The van der Waals surface area contributed by atoms with Gasteiger partial charge < -0.3 is 9.47 Å². The molecule has 0 rings (SSSR count). The lowest BCUT2D eigenvalue weighted by molar-refractivity contribution is -0.173. The Bertz CT molecular complexity index is 354. The van der Waals surface area contributed by atoms with Crippen LogP contribution in [0.15, 0.2) is 0 Å². The van der Waals surface area contributed by atoms with Crippen molar-refractivity contribution < 1.29 is 19.1 Å². The second-order valence-corrected chi connectivity index (χ2v) is 6.96. The molecule has 0 aliphatic heterocycles. The highest BCUT2D eigenvalue weighted by Crippen LogP contribution is 2.30. The summed E-state index contributed by atoms with van der Waals surface area (Å²) in [6.07, 6.45) is 10.1. The van der Waals surface area contributed by atoms with Crippen molar-refractivity contribution >= 4 is 23.5 Å². The summed E-state index contributed by atoms with van der Waals surface area (Å²) < 4.78 is 10.7. The van der Waals surface area contributed by atoms with Crippen LogP contribution in [0.5, 0.6) is 0 Å². The third-order valence-corrected chi connectivity index (χ3v) is 5.00. The first-order valence-corrected chi connectivity index (χ1v) is 10.5. The molecule has 0 unspecified atom stereocenters. The summed E-state index contributed by atoms with van der Waals surface area (Å²) in [7, 11) is 0. The summed E-state index contributed by atoms with van der Waals surface area (Å²) in [5.74, 6) is -0.137. The van der Waals surface area contributed by atoms with Crippen LogP contribution in [0.4, 0.5) is 0 Å². The molecular formula is C20H37ClO4. The summed E-state index contributed by atoms with van der Waals surface area (Å²) in [5, 5.41) is 0. The van der Waals surface area contributed by atoms with Gasteiger partial charge in [0.2, 0.25) is 0 Å². The van der Waals surface area contributed by atoms with Gasteiger partial charge in [-0.05, 0) is 32.1 Å². The molecule has 4 nitrogen and oxygen atoms in total. The number of rotatable bonds is 16. The van der Waals surface area contributed by atoms with Crippen molar-refractivity contribution in [1.82, 2.24) is 0 Å². The molecule has 0 atom stereocenters. The Kier molecular flexibility index (Phi) is 15.0. The fourth-order valence-corrected chi connectivity index (χ4v) is 2.96. The van der Waals surface area contributed by atoms with Gasteiger partial charge in [0.25, 0.3) is 0 Å². The lowest BCUT2D eigenvalue weighted by Crippen LogP contribution is -2.41. The minimum absolute atomic E-state index is 0.374. The van der Waals surface area contributed by atoms with E-state index in [4.69, 9.17) is 21.1 Å². The first kappa shape index (κ1) is 24.2. The van der Waals surface area contributed by atoms with Crippen LogP contribution in [0.2, 0.25) is 0 Å². The summed E-state index contributed by atoms with van der Waals surface area (Å²) in [5.41, 5.74) is -1.15. The first-order valence-electron chi connectivity index (χ1n) is 9.99. The molecule has 0 saturated heterocycles. The topological polar surface area (TPSA) is 52.6 Å². The molecule has 25 heavy (non-hydrogen) atoms. The maximum absolute atomic E-state index is 12.5. The van der Waals surface area contributed by atoms with E-state index < -0.39 is 17.4 Å². The van der Waals surface area contributed by atoms with Crippen molar-refractivity contribution in [2.45, 2.75) is 91.4 Å². The number of halogens is 1. The number of unbranched alkanes of at least 4 members (excludes halogenated alkanes) is 7. The van der Waals surface area contributed by atoms with Gasteiger partial charge in [0.15, 0.2) is 5.41 Å². The second kappa shape index (κ2) is 15.5. The Balaban J connectivity index is 4.22. The normalized spacial score (nSPS) is 11.4. The molecule has 0 N–H and O–H groups in total. The van der Waals surface area contributed by atoms with E-state index in [2.05, 4.69) is 6.92 Å². The molecular weight excluding hydrogens is 340 g/mol. The van der Waals surface area contributed by atoms with Crippen molar-refractivity contribution in [2.75, 3.05) is 19.1 Å². The van der Waals surface area contributed by atoms with Crippen LogP contribution in [0.3, 0.4) is 0 Å². The van der Waals surface area contributed by atoms with E-state index in [0.717, 1.165) is 57.2 Å². The first-order chi connectivity index (χ1) is 12.1. The Hall–Kier alpha value is -0.770. The van der Waals surface area contributed by atoms with Crippen LogP contribution in [-0.2, 0) is 19.1 Å². The van der Waals surface area contributed by atoms with Crippen LogP contribution in [-0.4, -0.2) is 31.0 Å². The monoisotopic (exact) mass is 376 g/mol. The van der Waals surface area contributed by atoms with Gasteiger partial charge in [-0.1, -0.05) is 59.3 Å². The number of esters is 2. The highest BCUT2D eigenvalue weighted by Gasteiger charge is 2.45. The van der Waals surface area contributed by atoms with Crippen LogP contribution in [0, 0.1) is 5.41 Å². The van der Waals surface area contributed by atoms with E-state index in [1.165, 1.54) is 6.42 Å². The number of carbonyl (C=O) groups excluding carboxylic acids is 2. The van der Waals surface area contributed by atoms with Crippen LogP contribution >= 0.6 is 11.6 Å². The molecule has 0 aromatic heterocycles. The smallest absolute Gasteiger partial charge is 0.323 e. The fraction of sp³-hybridized carbons (Fsp3) is 0.900. The molecule has 0 amide bonds. The molecule has 0 aliphatic carbocycles. The maximum Gasteiger partial charge on any atom is 0.323 e. The zero-order valence-electron chi connectivity index (χ0n) is 16.4. The molecule has 0 fully saturated rings. The largest absolute Gasteiger partial charge is 0.465 e. The number of hydrogen-bond acceptors (Lipinski definition) is 4. The summed E-state index contributed by atoms with van der Waals surface area (Å²) in [6, 6.07) is 0. The molecule has 0 saturated carbocycles. The standard InChI is InChI=1S/C20H37ClO4/c1-4-7-13-16-24-18(22)20(5-2,6-3)19(23)25-17-14-11-9-8-10-12-15-21/h4-17H2,1-3H3. The molecule has 148 valence electrons. The molecule has 0 aromatic carbocycles. The lowest BCUT2D eigenvalue weighted by Gasteiger charge is -2.27. The third kappa shape index (κ3) is 9.48. The van der Waals surface area contributed by atoms with E-state index in [9.17, 15) is 9.59 Å². The van der Waals surface area contributed by atoms with Crippen molar-refractivity contribution in [3.63, 3.8) is 0 Å². The van der Waals surface area contributed by atoms with E-state index in [1.54, 1.807) is 0 Å². The van der Waals surface area contributed by atoms with Crippen molar-refractivity contribution in [2.24, 2.45) is 5.41 Å². The summed E-state index contributed by atoms with van der Waals surface area (Å²) in [4.78, 5) is 24.9. The van der Waals surface area contributed by atoms with Crippen LogP contribution in [0.1, 0.15) is 91.4 Å². The Morgan fingerprint density at radius 3 is 1.60 bits per heavy atom. The Labute approximate surface area is 159 Å². The molecule has 0 aliphatic rings. The van der Waals surface area contributed by atoms with Gasteiger partial charge >= 0.3 is 11.9 Å². The van der Waals surface area contributed by atoms with Gasteiger partial charge in [-0.3, -0.25) is 9.59 Å². The maximum atomic E-state index is 12.5. The zero-order valence-corrected chi connectivity index (χ0v) is 17.2. The van der Waals surface area contributed by atoms with E-state index in [-0.39, 0.29) is 0 Å². The van der Waals surface area contributed by atoms with Crippen LogP contribution < -0.4 is 0 Å². The zero-order chi connectivity index (χ0) is 19.0. The van der Waals surface area contributed by atoms with Gasteiger partial charge in [-0.25, -0.2) is 0 Å². The summed E-state index contributed by atoms with van der Waals surface area (Å²) in [6.45, 7) is 6.53. The molecule has 0 aromatic rings. The minimum atomic E-state index is -1.15. The molecule has 5 heteroatoms. The Morgan fingerprint density at radius 1 is 0.720 bits per heavy atom. The molecule has 0 spiro atoms. The van der Waals surface area contributed by atoms with Gasteiger partial charge in [-0.15, -0.1) is 11.6 Å². The van der Waals surface area contributed by atoms with Gasteiger partial charge in [0.1, 0.15) is 0 Å². The van der Waals surface area contributed by atoms with Gasteiger partial charge in [0.05, 0.1) is 13.2 Å². The fourth-order valence-electron chi connectivity index (χ4n) is 2.77.